The van der Waals surface area contributed by atoms with Crippen molar-refractivity contribution in [1.29, 1.82) is 0 Å². The number of ether oxygens (including phenoxy) is 1. The number of nitro groups is 1. The largest absolute Gasteiger partial charge is 0.456 e. The Balaban J connectivity index is 2.06. The number of nitrogens with one attached hydrogen (secondary N) is 1. The summed E-state index contributed by atoms with van der Waals surface area (Å²) in [5.74, 6) is 0.563. The Hall–Kier alpha value is -2.49. The lowest BCUT2D eigenvalue weighted by atomic mass is 10.1. The molecule has 28 heavy (non-hydrogen) atoms. The van der Waals surface area contributed by atoms with Crippen LogP contribution < -0.4 is 10.1 Å². The van der Waals surface area contributed by atoms with E-state index in [0.717, 1.165) is 23.7 Å². The number of nitrogens with zero attached hydrogens (tertiary/aromatic N) is 2. The Morgan fingerprint density at radius 2 is 1.79 bits per heavy atom. The van der Waals surface area contributed by atoms with Crippen LogP contribution >= 0.6 is 0 Å². The van der Waals surface area contributed by atoms with Gasteiger partial charge in [-0.1, -0.05) is 6.07 Å². The second-order valence-corrected chi connectivity index (χ2v) is 8.73. The van der Waals surface area contributed by atoms with Crippen molar-refractivity contribution in [3.63, 3.8) is 0 Å². The number of nitro benzene ring substituents is 1. The summed E-state index contributed by atoms with van der Waals surface area (Å²) >= 11 is 0. The summed E-state index contributed by atoms with van der Waals surface area (Å²) in [6.45, 7) is 5.73. The lowest BCUT2D eigenvalue weighted by Gasteiger charge is -2.21. The molecule has 9 heteroatoms. The first-order chi connectivity index (χ1) is 13.3. The van der Waals surface area contributed by atoms with Gasteiger partial charge in [-0.25, -0.2) is 8.42 Å². The first kappa shape index (κ1) is 20.2. The monoisotopic (exact) mass is 405 g/mol. The van der Waals surface area contributed by atoms with Crippen molar-refractivity contribution in [3.05, 3.63) is 57.6 Å². The van der Waals surface area contributed by atoms with E-state index in [4.69, 9.17) is 4.74 Å². The van der Waals surface area contributed by atoms with E-state index in [1.54, 1.807) is 12.1 Å². The molecule has 1 heterocycles. The Morgan fingerprint density at radius 1 is 1.07 bits per heavy atom. The highest BCUT2D eigenvalue weighted by molar-refractivity contribution is 7.89. The molecule has 0 radical (unpaired) electrons. The van der Waals surface area contributed by atoms with Gasteiger partial charge in [-0.05, 0) is 56.1 Å². The van der Waals surface area contributed by atoms with E-state index in [1.165, 1.54) is 16.4 Å². The van der Waals surface area contributed by atoms with Crippen molar-refractivity contribution in [1.82, 2.24) is 9.62 Å². The summed E-state index contributed by atoms with van der Waals surface area (Å²) in [5.41, 5.74) is 1.65. The van der Waals surface area contributed by atoms with E-state index >= 15 is 0 Å². The second-order valence-electron chi connectivity index (χ2n) is 6.82. The molecule has 0 spiro atoms. The lowest BCUT2D eigenvalue weighted by Crippen LogP contribution is -2.34. The van der Waals surface area contributed by atoms with Crippen LogP contribution in [0.3, 0.4) is 0 Å². The van der Waals surface area contributed by atoms with E-state index in [-0.39, 0.29) is 16.3 Å². The maximum absolute atomic E-state index is 13.3. The Morgan fingerprint density at radius 3 is 2.46 bits per heavy atom. The zero-order valence-corrected chi connectivity index (χ0v) is 16.7. The van der Waals surface area contributed by atoms with E-state index in [9.17, 15) is 18.5 Å². The minimum atomic E-state index is -3.95. The highest BCUT2D eigenvalue weighted by atomic mass is 32.2. The minimum Gasteiger partial charge on any atom is -0.456 e. The standard InChI is InChI=1S/C19H23N3O5S/c1-14-10-15(2)12-17(11-14)27-18-5-4-16(22(23)24)13-19(18)28(25,26)21-8-3-6-20-7-9-21/h4-5,10-13,20H,3,6-9H2,1-2H3. The van der Waals surface area contributed by atoms with Crippen molar-refractivity contribution in [2.24, 2.45) is 0 Å². The van der Waals surface area contributed by atoms with Crippen LogP contribution in [0.1, 0.15) is 17.5 Å². The fraction of sp³-hybridized carbons (Fsp3) is 0.368. The first-order valence-electron chi connectivity index (χ1n) is 9.03. The molecule has 1 aliphatic heterocycles. The molecule has 1 saturated heterocycles. The van der Waals surface area contributed by atoms with E-state index in [2.05, 4.69) is 5.32 Å². The zero-order valence-electron chi connectivity index (χ0n) is 15.8. The molecule has 0 aromatic heterocycles. The molecular weight excluding hydrogens is 382 g/mol. The van der Waals surface area contributed by atoms with Gasteiger partial charge >= 0.3 is 0 Å². The van der Waals surface area contributed by atoms with Gasteiger partial charge in [0.1, 0.15) is 16.4 Å². The molecule has 1 aliphatic rings. The molecule has 3 rings (SSSR count). The average Bonchev–Trinajstić information content (AvgIpc) is 2.91. The second kappa shape index (κ2) is 8.26. The van der Waals surface area contributed by atoms with Crippen LogP contribution in [-0.4, -0.2) is 43.8 Å². The average molecular weight is 405 g/mol. The van der Waals surface area contributed by atoms with Gasteiger partial charge in [0.15, 0.2) is 0 Å². The molecule has 1 N–H and O–H groups in total. The van der Waals surface area contributed by atoms with Gasteiger partial charge in [0.2, 0.25) is 10.0 Å². The topological polar surface area (TPSA) is 102 Å². The van der Waals surface area contributed by atoms with Crippen LogP contribution in [0, 0.1) is 24.0 Å². The van der Waals surface area contributed by atoms with Crippen LogP contribution in [0.5, 0.6) is 11.5 Å². The summed E-state index contributed by atoms with van der Waals surface area (Å²) in [6.07, 6.45) is 0.668. The molecular formula is C19H23N3O5S. The molecule has 1 fully saturated rings. The van der Waals surface area contributed by atoms with Gasteiger partial charge in [-0.2, -0.15) is 4.31 Å². The number of rotatable bonds is 5. The summed E-state index contributed by atoms with van der Waals surface area (Å²) in [5, 5.41) is 14.4. The van der Waals surface area contributed by atoms with Crippen LogP contribution in [0.4, 0.5) is 5.69 Å². The van der Waals surface area contributed by atoms with Crippen LogP contribution in [0.25, 0.3) is 0 Å². The fourth-order valence-corrected chi connectivity index (χ4v) is 4.83. The predicted octanol–water partition coefficient (Wildman–Crippen LogP) is 2.99. The third-order valence-electron chi connectivity index (χ3n) is 4.48. The number of hydrogen-bond donors (Lipinski definition) is 1. The summed E-state index contributed by atoms with van der Waals surface area (Å²) in [7, 11) is -3.95. The summed E-state index contributed by atoms with van der Waals surface area (Å²) in [4.78, 5) is 10.4. The third kappa shape index (κ3) is 4.49. The van der Waals surface area contributed by atoms with Gasteiger partial charge in [0.25, 0.3) is 5.69 Å². The summed E-state index contributed by atoms with van der Waals surface area (Å²) in [6, 6.07) is 9.23. The van der Waals surface area contributed by atoms with E-state index in [0.29, 0.717) is 31.8 Å². The van der Waals surface area contributed by atoms with Gasteiger partial charge < -0.3 is 10.1 Å². The van der Waals surface area contributed by atoms with Crippen molar-refractivity contribution < 1.29 is 18.1 Å². The zero-order chi connectivity index (χ0) is 20.3. The van der Waals surface area contributed by atoms with Crippen LogP contribution in [0.2, 0.25) is 0 Å². The van der Waals surface area contributed by atoms with Crippen molar-refractivity contribution >= 4 is 15.7 Å². The number of hydrogen-bond acceptors (Lipinski definition) is 6. The number of sulfonamides is 1. The molecule has 8 nitrogen and oxygen atoms in total. The summed E-state index contributed by atoms with van der Waals surface area (Å²) < 4.78 is 33.7. The molecule has 0 unspecified atom stereocenters. The first-order valence-corrected chi connectivity index (χ1v) is 10.5. The van der Waals surface area contributed by atoms with Crippen molar-refractivity contribution in [2.45, 2.75) is 25.2 Å². The fourth-order valence-electron chi connectivity index (χ4n) is 3.22. The van der Waals surface area contributed by atoms with Crippen LogP contribution in [0.15, 0.2) is 41.3 Å². The maximum atomic E-state index is 13.3. The Bertz CT molecular complexity index is 963. The molecule has 150 valence electrons. The molecule has 0 bridgehead atoms. The number of benzene rings is 2. The molecule has 0 saturated carbocycles. The van der Waals surface area contributed by atoms with Gasteiger partial charge in [0, 0.05) is 31.8 Å². The Kier molecular flexibility index (Phi) is 5.97. The van der Waals surface area contributed by atoms with E-state index in [1.807, 2.05) is 19.9 Å². The third-order valence-corrected chi connectivity index (χ3v) is 6.40. The lowest BCUT2D eigenvalue weighted by molar-refractivity contribution is -0.385. The normalized spacial score (nSPS) is 15.8. The highest BCUT2D eigenvalue weighted by Gasteiger charge is 2.30. The Labute approximate surface area is 164 Å². The molecule has 0 atom stereocenters. The van der Waals surface area contributed by atoms with Gasteiger partial charge in [0.05, 0.1) is 4.92 Å². The number of aryl methyl sites for hydroxylation is 2. The molecule has 2 aromatic rings. The van der Waals surface area contributed by atoms with E-state index < -0.39 is 14.9 Å². The SMILES string of the molecule is Cc1cc(C)cc(Oc2ccc([N+](=O)[O-])cc2S(=O)(=O)N2CCCNCC2)c1. The maximum Gasteiger partial charge on any atom is 0.271 e. The molecule has 0 amide bonds. The van der Waals surface area contributed by atoms with Crippen molar-refractivity contribution in [2.75, 3.05) is 26.2 Å². The van der Waals surface area contributed by atoms with Crippen molar-refractivity contribution in [3.8, 4) is 11.5 Å². The predicted molar refractivity (Wildman–Crippen MR) is 105 cm³/mol. The highest BCUT2D eigenvalue weighted by Crippen LogP contribution is 2.34. The van der Waals surface area contributed by atoms with Gasteiger partial charge in [-0.15, -0.1) is 0 Å². The minimum absolute atomic E-state index is 0.0767. The quantitative estimate of drug-likeness (QED) is 0.606. The smallest absolute Gasteiger partial charge is 0.271 e. The van der Waals surface area contributed by atoms with Gasteiger partial charge in [-0.3, -0.25) is 10.1 Å². The molecule has 0 aliphatic carbocycles. The molecule has 2 aromatic carbocycles. The van der Waals surface area contributed by atoms with Crippen LogP contribution in [-0.2, 0) is 10.0 Å². The number of non-ortho nitro benzene ring substituents is 1.